The monoisotopic (exact) mass is 395 g/mol. The van der Waals surface area contributed by atoms with Gasteiger partial charge in [-0.25, -0.2) is 4.79 Å². The largest absolute Gasteiger partial charge is 0.497 e. The molecule has 3 atom stereocenters. The highest BCUT2D eigenvalue weighted by molar-refractivity contribution is 9.10. The first-order valence-corrected chi connectivity index (χ1v) is 9.17. The summed E-state index contributed by atoms with van der Waals surface area (Å²) in [4.78, 5) is 26.2. The van der Waals surface area contributed by atoms with Gasteiger partial charge in [0.1, 0.15) is 11.8 Å². The van der Waals surface area contributed by atoms with Gasteiger partial charge in [0, 0.05) is 10.5 Å². The average Bonchev–Trinajstić information content (AvgIpc) is 2.96. The van der Waals surface area contributed by atoms with Crippen LogP contribution >= 0.6 is 15.9 Å². The molecule has 0 bridgehead atoms. The van der Waals surface area contributed by atoms with Crippen molar-refractivity contribution in [2.75, 3.05) is 7.11 Å². The second kappa shape index (κ2) is 7.13. The lowest BCUT2D eigenvalue weighted by atomic mass is 9.84. The van der Waals surface area contributed by atoms with E-state index in [9.17, 15) is 14.7 Å². The van der Waals surface area contributed by atoms with E-state index in [2.05, 4.69) is 15.9 Å². The molecule has 130 valence electrons. The quantitative estimate of drug-likeness (QED) is 0.849. The Balaban J connectivity index is 1.83. The SMILES string of the molecule is COc1ccc(Br)c(CC(=O)N2C(C(=O)O)CC3CCCCC32)c1. The highest BCUT2D eigenvalue weighted by Crippen LogP contribution is 2.40. The number of amides is 1. The zero-order valence-electron chi connectivity index (χ0n) is 13.7. The van der Waals surface area contributed by atoms with Crippen LogP contribution in [0.3, 0.4) is 0 Å². The zero-order valence-corrected chi connectivity index (χ0v) is 15.3. The summed E-state index contributed by atoms with van der Waals surface area (Å²) >= 11 is 3.47. The molecule has 1 aromatic rings. The van der Waals surface area contributed by atoms with Gasteiger partial charge in [0.25, 0.3) is 0 Å². The number of likely N-dealkylation sites (tertiary alicyclic amines) is 1. The predicted molar refractivity (Wildman–Crippen MR) is 93.0 cm³/mol. The van der Waals surface area contributed by atoms with E-state index in [1.54, 1.807) is 12.0 Å². The topological polar surface area (TPSA) is 66.8 Å². The molecule has 6 heteroatoms. The van der Waals surface area contributed by atoms with E-state index in [1.165, 1.54) is 0 Å². The minimum absolute atomic E-state index is 0.0803. The Bertz CT molecular complexity index is 648. The minimum atomic E-state index is -0.887. The molecular formula is C18H22BrNO4. The van der Waals surface area contributed by atoms with Gasteiger partial charge < -0.3 is 14.7 Å². The van der Waals surface area contributed by atoms with Crippen molar-refractivity contribution >= 4 is 27.8 Å². The van der Waals surface area contributed by atoms with Crippen LogP contribution in [0.4, 0.5) is 0 Å². The molecule has 0 aromatic heterocycles. The molecule has 1 aliphatic carbocycles. The van der Waals surface area contributed by atoms with Gasteiger partial charge in [-0.1, -0.05) is 28.8 Å². The van der Waals surface area contributed by atoms with Crippen molar-refractivity contribution < 1.29 is 19.4 Å². The number of fused-ring (bicyclic) bond motifs is 1. The fourth-order valence-electron chi connectivity index (χ4n) is 4.11. The molecule has 1 N–H and O–H groups in total. The van der Waals surface area contributed by atoms with Gasteiger partial charge in [0.05, 0.1) is 13.5 Å². The molecule has 5 nitrogen and oxygen atoms in total. The molecular weight excluding hydrogens is 374 g/mol. The third-order valence-electron chi connectivity index (χ3n) is 5.26. The zero-order chi connectivity index (χ0) is 17.3. The summed E-state index contributed by atoms with van der Waals surface area (Å²) in [6, 6.07) is 4.90. The molecule has 2 aliphatic rings. The summed E-state index contributed by atoms with van der Waals surface area (Å²) in [6.45, 7) is 0. The number of aliphatic carboxylic acids is 1. The Morgan fingerprint density at radius 2 is 2.08 bits per heavy atom. The first-order chi connectivity index (χ1) is 11.5. The van der Waals surface area contributed by atoms with Gasteiger partial charge in [-0.2, -0.15) is 0 Å². The summed E-state index contributed by atoms with van der Waals surface area (Å²) in [5, 5.41) is 9.56. The maximum atomic E-state index is 12.9. The molecule has 1 saturated carbocycles. The number of carboxylic acids is 1. The second-order valence-corrected chi connectivity index (χ2v) is 7.49. The van der Waals surface area contributed by atoms with Crippen molar-refractivity contribution in [1.29, 1.82) is 0 Å². The molecule has 1 aliphatic heterocycles. The Morgan fingerprint density at radius 1 is 1.33 bits per heavy atom. The third kappa shape index (κ3) is 3.29. The highest BCUT2D eigenvalue weighted by atomic mass is 79.9. The van der Waals surface area contributed by atoms with E-state index in [0.717, 1.165) is 35.7 Å². The second-order valence-electron chi connectivity index (χ2n) is 6.64. The van der Waals surface area contributed by atoms with Gasteiger partial charge in [-0.15, -0.1) is 0 Å². The Morgan fingerprint density at radius 3 is 2.79 bits per heavy atom. The number of hydrogen-bond acceptors (Lipinski definition) is 3. The normalized spacial score (nSPS) is 26.1. The molecule has 1 aromatic carbocycles. The van der Waals surface area contributed by atoms with Crippen LogP contribution in [0.15, 0.2) is 22.7 Å². The number of carboxylic acid groups (broad SMARTS) is 1. The van der Waals surface area contributed by atoms with Crippen LogP contribution in [0.25, 0.3) is 0 Å². The van der Waals surface area contributed by atoms with E-state index in [-0.39, 0.29) is 18.4 Å². The number of rotatable bonds is 4. The molecule has 3 rings (SSSR count). The molecule has 2 fully saturated rings. The van der Waals surface area contributed by atoms with E-state index in [0.29, 0.717) is 18.1 Å². The lowest BCUT2D eigenvalue weighted by Gasteiger charge is -2.33. The van der Waals surface area contributed by atoms with E-state index in [1.807, 2.05) is 18.2 Å². The Hall–Kier alpha value is -1.56. The smallest absolute Gasteiger partial charge is 0.326 e. The lowest BCUT2D eigenvalue weighted by Crippen LogP contribution is -2.46. The van der Waals surface area contributed by atoms with E-state index in [4.69, 9.17) is 4.74 Å². The van der Waals surface area contributed by atoms with Crippen LogP contribution in [0.5, 0.6) is 5.75 Å². The van der Waals surface area contributed by atoms with Crippen molar-refractivity contribution in [3.8, 4) is 5.75 Å². The van der Waals surface area contributed by atoms with Crippen molar-refractivity contribution in [3.63, 3.8) is 0 Å². The van der Waals surface area contributed by atoms with Crippen molar-refractivity contribution in [3.05, 3.63) is 28.2 Å². The molecule has 3 unspecified atom stereocenters. The van der Waals surface area contributed by atoms with Crippen molar-refractivity contribution in [2.24, 2.45) is 5.92 Å². The first-order valence-electron chi connectivity index (χ1n) is 8.37. The van der Waals surface area contributed by atoms with Crippen LogP contribution < -0.4 is 4.74 Å². The van der Waals surface area contributed by atoms with Gasteiger partial charge in [0.15, 0.2) is 0 Å². The third-order valence-corrected chi connectivity index (χ3v) is 6.03. The molecule has 1 amide bonds. The first kappa shape index (κ1) is 17.3. The van der Waals surface area contributed by atoms with Crippen LogP contribution in [-0.4, -0.2) is 41.1 Å². The van der Waals surface area contributed by atoms with Gasteiger partial charge in [-0.3, -0.25) is 4.79 Å². The predicted octanol–water partition coefficient (Wildman–Crippen LogP) is 3.24. The van der Waals surface area contributed by atoms with Crippen LogP contribution in [-0.2, 0) is 16.0 Å². The molecule has 0 spiro atoms. The van der Waals surface area contributed by atoms with Gasteiger partial charge in [-0.05, 0) is 48.9 Å². The molecule has 0 radical (unpaired) electrons. The maximum absolute atomic E-state index is 12.9. The van der Waals surface area contributed by atoms with Crippen LogP contribution in [0, 0.1) is 5.92 Å². The van der Waals surface area contributed by atoms with E-state index < -0.39 is 12.0 Å². The minimum Gasteiger partial charge on any atom is -0.497 e. The number of carbonyl (C=O) groups excluding carboxylic acids is 1. The summed E-state index contributed by atoms with van der Waals surface area (Å²) < 4.78 is 6.06. The van der Waals surface area contributed by atoms with E-state index >= 15 is 0 Å². The maximum Gasteiger partial charge on any atom is 0.326 e. The Kier molecular flexibility index (Phi) is 5.13. The number of carbonyl (C=O) groups is 2. The number of halogens is 1. The average molecular weight is 396 g/mol. The number of benzene rings is 1. The summed E-state index contributed by atoms with van der Waals surface area (Å²) in [7, 11) is 1.59. The molecule has 1 saturated heterocycles. The summed E-state index contributed by atoms with van der Waals surface area (Å²) in [6.07, 6.45) is 4.92. The standard InChI is InChI=1S/C18H22BrNO4/c1-24-13-6-7-14(19)12(8-13)10-17(21)20-15-5-3-2-4-11(15)9-16(20)18(22)23/h6-8,11,15-16H,2-5,9-10H2,1H3,(H,22,23). The summed E-state index contributed by atoms with van der Waals surface area (Å²) in [5.74, 6) is 0.0264. The van der Waals surface area contributed by atoms with Crippen LogP contribution in [0.1, 0.15) is 37.7 Å². The number of ether oxygens (including phenoxy) is 1. The number of hydrogen-bond donors (Lipinski definition) is 1. The lowest BCUT2D eigenvalue weighted by molar-refractivity contribution is -0.149. The van der Waals surface area contributed by atoms with Crippen LogP contribution in [0.2, 0.25) is 0 Å². The van der Waals surface area contributed by atoms with Gasteiger partial charge in [0.2, 0.25) is 5.91 Å². The van der Waals surface area contributed by atoms with Crippen molar-refractivity contribution in [2.45, 2.75) is 50.6 Å². The fraction of sp³-hybridized carbons (Fsp3) is 0.556. The van der Waals surface area contributed by atoms with Crippen molar-refractivity contribution in [1.82, 2.24) is 4.90 Å². The number of nitrogens with zero attached hydrogens (tertiary/aromatic N) is 1. The molecule has 1 heterocycles. The molecule has 24 heavy (non-hydrogen) atoms. The number of methoxy groups -OCH3 is 1. The van der Waals surface area contributed by atoms with Gasteiger partial charge >= 0.3 is 5.97 Å². The summed E-state index contributed by atoms with van der Waals surface area (Å²) in [5.41, 5.74) is 0.822. The fourth-order valence-corrected chi connectivity index (χ4v) is 4.49. The highest BCUT2D eigenvalue weighted by Gasteiger charge is 2.47. The Labute approximate surface area is 150 Å².